The maximum atomic E-state index is 13.0. The molecule has 0 saturated carbocycles. The molecule has 0 aliphatic carbocycles. The molecule has 38 heavy (non-hydrogen) atoms. The summed E-state index contributed by atoms with van der Waals surface area (Å²) in [5.74, 6) is -1.54. The third-order valence-corrected chi connectivity index (χ3v) is 8.13. The lowest BCUT2D eigenvalue weighted by Gasteiger charge is -2.45. The molecule has 0 spiro atoms. The average molecular weight is 631 g/mol. The molecule has 13 heteroatoms. The molecule has 0 bridgehead atoms. The summed E-state index contributed by atoms with van der Waals surface area (Å²) in [4.78, 5) is 43.8. The van der Waals surface area contributed by atoms with Crippen molar-refractivity contribution in [1.29, 1.82) is 0 Å². The van der Waals surface area contributed by atoms with E-state index in [0.717, 1.165) is 15.8 Å². The van der Waals surface area contributed by atoms with Crippen molar-refractivity contribution in [3.8, 4) is 0 Å². The third kappa shape index (κ3) is 7.37. The van der Waals surface area contributed by atoms with Gasteiger partial charge < -0.3 is 15.0 Å². The molecule has 1 aliphatic rings. The Morgan fingerprint density at radius 2 is 1.79 bits per heavy atom. The third-order valence-electron chi connectivity index (χ3n) is 5.61. The number of fused-ring (bicyclic) bond motifs is 1. The molecule has 4 rings (SSSR count). The van der Waals surface area contributed by atoms with Crippen molar-refractivity contribution in [3.05, 3.63) is 77.3 Å². The van der Waals surface area contributed by atoms with Gasteiger partial charge in [0.05, 0.1) is 22.7 Å². The molecule has 1 fully saturated rings. The Hall–Kier alpha value is -1.95. The number of thiol groups is 2. The van der Waals surface area contributed by atoms with Crippen LogP contribution in [0.25, 0.3) is 10.2 Å². The minimum Gasteiger partial charge on any atom is -0.460 e. The van der Waals surface area contributed by atoms with E-state index in [4.69, 9.17) is 39.5 Å². The maximum absolute atomic E-state index is 13.0. The van der Waals surface area contributed by atoms with E-state index in [1.807, 2.05) is 54.6 Å². The fraction of sp³-hybridized carbons (Fsp3) is 0.280. The monoisotopic (exact) mass is 629 g/mol. The molecule has 7 nitrogen and oxygen atoms in total. The van der Waals surface area contributed by atoms with Crippen LogP contribution in [0.2, 0.25) is 0 Å². The zero-order chi connectivity index (χ0) is 27.5. The fourth-order valence-electron chi connectivity index (χ4n) is 3.80. The topological polar surface area (TPSA) is 88.6 Å². The number of thiazole rings is 1. The molecule has 2 amide bonds. The number of nitrogens with zero attached hydrogens (tertiary/aromatic N) is 2. The van der Waals surface area contributed by atoms with Crippen molar-refractivity contribution in [1.82, 2.24) is 15.2 Å². The van der Waals surface area contributed by atoms with Gasteiger partial charge in [0.25, 0.3) is 0 Å². The first-order valence-electron chi connectivity index (χ1n) is 11.3. The van der Waals surface area contributed by atoms with Crippen molar-refractivity contribution in [2.24, 2.45) is 0 Å². The summed E-state index contributed by atoms with van der Waals surface area (Å²) in [6.45, 7) is -0.864. The quantitative estimate of drug-likeness (QED) is 0.0796. The van der Waals surface area contributed by atoms with Crippen LogP contribution in [-0.2, 0) is 29.6 Å². The molecule has 0 radical (unpaired) electrons. The Morgan fingerprint density at radius 1 is 1.11 bits per heavy atom. The predicted molar refractivity (Wildman–Crippen MR) is 157 cm³/mol. The van der Waals surface area contributed by atoms with Gasteiger partial charge in [0.2, 0.25) is 15.6 Å². The number of halogens is 3. The van der Waals surface area contributed by atoms with Crippen molar-refractivity contribution in [2.45, 2.75) is 26.4 Å². The standard InChI is InChI=1S/C25H22Cl3N3O4S3/c26-25(27,28)14-35-20(33)13-31-17(21(22(31)34)30-19(32)12-15-6-2-1-3-7-15)10-11-24(36,37)23-29-16-8-4-5-9-18(16)38-23/h1-11,17,21,36-37H,12-14H2,(H,30,32). The van der Waals surface area contributed by atoms with E-state index in [-0.39, 0.29) is 12.3 Å². The normalized spacial score (nSPS) is 18.0. The number of benzene rings is 2. The number of aromatic nitrogens is 1. The lowest BCUT2D eigenvalue weighted by Crippen LogP contribution is -2.71. The van der Waals surface area contributed by atoms with E-state index in [1.165, 1.54) is 16.2 Å². The molecule has 2 heterocycles. The highest BCUT2D eigenvalue weighted by atomic mass is 35.6. The highest BCUT2D eigenvalue weighted by Crippen LogP contribution is 2.39. The minimum atomic E-state index is -1.78. The second-order valence-electron chi connectivity index (χ2n) is 8.51. The largest absolute Gasteiger partial charge is 0.460 e. The number of carbonyl (C=O) groups excluding carboxylic acids is 3. The van der Waals surface area contributed by atoms with Crippen LogP contribution in [0.4, 0.5) is 0 Å². The summed E-state index contributed by atoms with van der Waals surface area (Å²) < 4.78 is 3.09. The number of β-lactam (4-membered cyclic amide) rings is 1. The van der Waals surface area contributed by atoms with Gasteiger partial charge in [-0.2, -0.15) is 25.3 Å². The van der Waals surface area contributed by atoms with Crippen LogP contribution in [0, 0.1) is 0 Å². The number of amides is 2. The summed E-state index contributed by atoms with van der Waals surface area (Å²) in [5.41, 5.74) is 1.62. The summed E-state index contributed by atoms with van der Waals surface area (Å²) >= 11 is 27.7. The van der Waals surface area contributed by atoms with Gasteiger partial charge in [0.15, 0.2) is 0 Å². The number of nitrogens with one attached hydrogen (secondary N) is 1. The van der Waals surface area contributed by atoms with Crippen LogP contribution in [-0.4, -0.2) is 56.7 Å². The zero-order valence-electron chi connectivity index (χ0n) is 19.6. The van der Waals surface area contributed by atoms with E-state index in [1.54, 1.807) is 12.2 Å². The lowest BCUT2D eigenvalue weighted by atomic mass is 9.93. The first-order chi connectivity index (χ1) is 17.9. The summed E-state index contributed by atoms with van der Waals surface area (Å²) in [6.07, 6.45) is 3.44. The van der Waals surface area contributed by atoms with E-state index in [2.05, 4.69) is 35.6 Å². The number of carbonyl (C=O) groups is 3. The number of hydrogen-bond acceptors (Lipinski definition) is 8. The van der Waals surface area contributed by atoms with Crippen molar-refractivity contribution < 1.29 is 19.1 Å². The first-order valence-corrected chi connectivity index (χ1v) is 14.1. The van der Waals surface area contributed by atoms with Gasteiger partial charge in [-0.3, -0.25) is 14.4 Å². The molecular formula is C25H22Cl3N3O4S3. The highest BCUT2D eigenvalue weighted by Gasteiger charge is 2.48. The van der Waals surface area contributed by atoms with E-state index in [9.17, 15) is 14.4 Å². The van der Waals surface area contributed by atoms with Crippen LogP contribution in [0.3, 0.4) is 0 Å². The Balaban J connectivity index is 1.51. The second kappa shape index (κ2) is 12.1. The molecule has 2 aromatic carbocycles. The van der Waals surface area contributed by atoms with Gasteiger partial charge in [-0.15, -0.1) is 11.3 Å². The Kier molecular flexibility index (Phi) is 9.22. The molecule has 1 saturated heterocycles. The molecule has 2 unspecified atom stereocenters. The van der Waals surface area contributed by atoms with Gasteiger partial charge >= 0.3 is 5.97 Å². The Bertz CT molecular complexity index is 1330. The van der Waals surface area contributed by atoms with Crippen LogP contribution in [0.5, 0.6) is 0 Å². The Labute approximate surface area is 249 Å². The molecular weight excluding hydrogens is 609 g/mol. The number of likely N-dealkylation sites (tertiary alicyclic amines) is 1. The van der Waals surface area contributed by atoms with Crippen LogP contribution >= 0.6 is 71.4 Å². The van der Waals surface area contributed by atoms with Crippen molar-refractivity contribution in [2.75, 3.05) is 13.2 Å². The minimum absolute atomic E-state index is 0.0983. The van der Waals surface area contributed by atoms with Crippen molar-refractivity contribution >= 4 is 99.4 Å². The number of hydrogen-bond donors (Lipinski definition) is 3. The van der Waals surface area contributed by atoms with Gasteiger partial charge in [-0.1, -0.05) is 89.4 Å². The fourth-order valence-corrected chi connectivity index (χ4v) is 5.45. The molecule has 3 aromatic rings. The molecule has 1 N–H and O–H groups in total. The second-order valence-corrected chi connectivity index (χ2v) is 13.8. The summed E-state index contributed by atoms with van der Waals surface area (Å²) in [7, 11) is 0. The Morgan fingerprint density at radius 3 is 2.47 bits per heavy atom. The SMILES string of the molecule is O=C(Cc1ccccc1)NC1C(=O)N(CC(=O)OCC(Cl)(Cl)Cl)C1C=CC(S)(S)c1nc2ccccc2s1. The highest BCUT2D eigenvalue weighted by molar-refractivity contribution is 8.00. The summed E-state index contributed by atoms with van der Waals surface area (Å²) in [6, 6.07) is 15.2. The average Bonchev–Trinajstić information content (AvgIpc) is 3.31. The molecule has 1 aliphatic heterocycles. The molecule has 200 valence electrons. The zero-order valence-corrected chi connectivity index (χ0v) is 24.5. The predicted octanol–water partition coefficient (Wildman–Crippen LogP) is 4.72. The van der Waals surface area contributed by atoms with Crippen LogP contribution in [0.1, 0.15) is 10.6 Å². The van der Waals surface area contributed by atoms with E-state index < -0.39 is 45.0 Å². The van der Waals surface area contributed by atoms with Crippen LogP contribution < -0.4 is 5.32 Å². The number of esters is 1. The number of ether oxygens (including phenoxy) is 1. The number of rotatable bonds is 9. The van der Waals surface area contributed by atoms with Gasteiger partial charge in [-0.25, -0.2) is 4.98 Å². The van der Waals surface area contributed by atoms with E-state index >= 15 is 0 Å². The van der Waals surface area contributed by atoms with E-state index in [0.29, 0.717) is 5.01 Å². The lowest BCUT2D eigenvalue weighted by molar-refractivity contribution is -0.159. The summed E-state index contributed by atoms with van der Waals surface area (Å²) in [5, 5.41) is 3.39. The van der Waals surface area contributed by atoms with Gasteiger partial charge in [0.1, 0.15) is 28.3 Å². The van der Waals surface area contributed by atoms with Gasteiger partial charge in [-0.05, 0) is 17.7 Å². The first kappa shape index (κ1) is 29.0. The van der Waals surface area contributed by atoms with Crippen molar-refractivity contribution in [3.63, 3.8) is 0 Å². The number of alkyl halides is 3. The molecule has 1 aromatic heterocycles. The van der Waals surface area contributed by atoms with Crippen LogP contribution in [0.15, 0.2) is 66.7 Å². The molecule has 2 atom stereocenters. The maximum Gasteiger partial charge on any atom is 0.325 e. The number of para-hydroxylation sites is 1. The smallest absolute Gasteiger partial charge is 0.325 e. The van der Waals surface area contributed by atoms with Gasteiger partial charge in [0, 0.05) is 0 Å².